The Bertz CT molecular complexity index is 539. The lowest BCUT2D eigenvalue weighted by molar-refractivity contribution is 0.00274. The molecule has 1 aromatic rings. The van der Waals surface area contributed by atoms with Gasteiger partial charge in [0.15, 0.2) is 0 Å². The van der Waals surface area contributed by atoms with E-state index in [0.29, 0.717) is 5.41 Å². The zero-order chi connectivity index (χ0) is 13.7. The van der Waals surface area contributed by atoms with E-state index in [1.807, 2.05) is 0 Å². The fraction of sp³-hybridized carbons (Fsp3) is 0.667. The first-order valence-electron chi connectivity index (χ1n) is 8.12. The number of fused-ring (bicyclic) bond motifs is 1. The van der Waals surface area contributed by atoms with Gasteiger partial charge in [-0.2, -0.15) is 40.5 Å². The molecule has 0 N–H and O–H groups in total. The van der Waals surface area contributed by atoms with Crippen LogP contribution >= 0.6 is 40.5 Å². The van der Waals surface area contributed by atoms with Crippen molar-refractivity contribution >= 4 is 40.5 Å². The molecule has 0 radical (unpaired) electrons. The van der Waals surface area contributed by atoms with Gasteiger partial charge in [0.05, 0.1) is 7.11 Å². The van der Waals surface area contributed by atoms with E-state index >= 15 is 0 Å². The molecular weight excluding hydrogens is 342 g/mol. The van der Waals surface area contributed by atoms with Crippen LogP contribution in [0.1, 0.15) is 43.2 Å². The monoisotopic (exact) mass is 373 g/mol. The van der Waals surface area contributed by atoms with E-state index in [1.54, 1.807) is 18.2 Å². The lowest BCUT2D eigenvalue weighted by Gasteiger charge is -2.58. The fourth-order valence-electron chi connectivity index (χ4n) is 5.30. The van der Waals surface area contributed by atoms with Gasteiger partial charge < -0.3 is 9.64 Å². The van der Waals surface area contributed by atoms with Crippen LogP contribution in [0.3, 0.4) is 0 Å². The van der Waals surface area contributed by atoms with E-state index in [4.69, 9.17) is 4.74 Å². The van der Waals surface area contributed by atoms with Crippen LogP contribution in [0.2, 0.25) is 0 Å². The summed E-state index contributed by atoms with van der Waals surface area (Å²) in [6.45, 7) is 1.26. The number of hydrogen-bond acceptors (Lipinski definition) is 2. The summed E-state index contributed by atoms with van der Waals surface area (Å²) >= 11 is 0. The molecule has 0 aromatic heterocycles. The second-order valence-corrected chi connectivity index (χ2v) is 7.03. The van der Waals surface area contributed by atoms with Crippen molar-refractivity contribution in [2.75, 3.05) is 20.7 Å². The molecule has 1 aliphatic heterocycles. The van der Waals surface area contributed by atoms with Crippen LogP contribution < -0.4 is 4.74 Å². The predicted octanol–water partition coefficient (Wildman–Crippen LogP) is 3.72. The third-order valence-electron chi connectivity index (χ3n) is 6.32. The summed E-state index contributed by atoms with van der Waals surface area (Å²) in [5.74, 6) is 1.91. The Balaban J connectivity index is 0.000000882. The highest BCUT2D eigenvalue weighted by atomic mass is 32.1. The number of methoxy groups -OCH3 is 1. The minimum absolute atomic E-state index is 0. The molecule has 23 heavy (non-hydrogen) atoms. The molecular formula is C18H31NOS3. The third kappa shape index (κ3) is 3.14. The summed E-state index contributed by atoms with van der Waals surface area (Å²) in [5.41, 5.74) is 3.67. The normalized spacial score (nSPS) is 31.4. The van der Waals surface area contributed by atoms with Crippen molar-refractivity contribution in [2.45, 2.75) is 50.0 Å². The highest BCUT2D eigenvalue weighted by Gasteiger charge is 2.53. The molecule has 1 saturated heterocycles. The summed E-state index contributed by atoms with van der Waals surface area (Å²) in [6.07, 6.45) is 8.22. The molecule has 0 amide bonds. The Hall–Kier alpha value is 0.0300. The van der Waals surface area contributed by atoms with Gasteiger partial charge in [-0.1, -0.05) is 18.9 Å². The van der Waals surface area contributed by atoms with Gasteiger partial charge in [-0.25, -0.2) is 0 Å². The maximum Gasteiger partial charge on any atom is 0.119 e. The van der Waals surface area contributed by atoms with Crippen molar-refractivity contribution in [3.05, 3.63) is 29.3 Å². The molecule has 3 aliphatic rings. The summed E-state index contributed by atoms with van der Waals surface area (Å²) in [6, 6.07) is 7.60. The number of hydrogen-bond donors (Lipinski definition) is 0. The van der Waals surface area contributed by atoms with Gasteiger partial charge in [-0.05, 0) is 68.5 Å². The number of likely N-dealkylation sites (N-methyl/N-ethyl adjacent to an activating group) is 1. The molecule has 4 rings (SSSR count). The average Bonchev–Trinajstić information content (AvgIpc) is 2.50. The van der Waals surface area contributed by atoms with E-state index in [9.17, 15) is 0 Å². The lowest BCUT2D eigenvalue weighted by atomic mass is 9.52. The van der Waals surface area contributed by atoms with Crippen molar-refractivity contribution < 1.29 is 4.74 Å². The zero-order valence-corrected chi connectivity index (χ0v) is 17.2. The molecule has 1 aromatic carbocycles. The molecule has 2 aliphatic carbocycles. The van der Waals surface area contributed by atoms with Crippen molar-refractivity contribution in [3.8, 4) is 5.75 Å². The number of ether oxygens (including phenoxy) is 1. The van der Waals surface area contributed by atoms with Crippen LogP contribution in [0.15, 0.2) is 18.2 Å². The molecule has 0 spiro atoms. The predicted molar refractivity (Wildman–Crippen MR) is 113 cm³/mol. The van der Waals surface area contributed by atoms with E-state index in [0.717, 1.165) is 17.7 Å². The Morgan fingerprint density at radius 1 is 1.13 bits per heavy atom. The molecule has 2 nitrogen and oxygen atoms in total. The molecule has 1 heterocycles. The van der Waals surface area contributed by atoms with Crippen molar-refractivity contribution in [1.29, 1.82) is 0 Å². The largest absolute Gasteiger partial charge is 0.497 e. The molecule has 5 heteroatoms. The maximum absolute atomic E-state index is 5.51. The molecule has 2 fully saturated rings. The van der Waals surface area contributed by atoms with Gasteiger partial charge in [0.1, 0.15) is 5.75 Å². The van der Waals surface area contributed by atoms with Crippen LogP contribution in [0.25, 0.3) is 0 Å². The van der Waals surface area contributed by atoms with Gasteiger partial charge in [-0.15, -0.1) is 0 Å². The molecule has 3 atom stereocenters. The van der Waals surface area contributed by atoms with E-state index in [-0.39, 0.29) is 40.5 Å². The standard InChI is InChI=1S/C18H25NO.3H2S/c1-19-10-9-18-8-4-3-5-15(18)17(19)11-13-6-7-14(20-2)12-16(13)18;;;/h6-7,12,15,17H,3-5,8-11H2,1-2H3;3*1H2/t15-,17+,18+;;;/m1.../s1. The quantitative estimate of drug-likeness (QED) is 0.744. The van der Waals surface area contributed by atoms with E-state index in [1.165, 1.54) is 45.1 Å². The van der Waals surface area contributed by atoms with Crippen LogP contribution in [-0.4, -0.2) is 31.6 Å². The first kappa shape index (κ1) is 21.1. The highest BCUT2D eigenvalue weighted by molar-refractivity contribution is 7.59. The number of likely N-dealkylation sites (tertiary alicyclic amines) is 1. The maximum atomic E-state index is 5.51. The van der Waals surface area contributed by atoms with Gasteiger partial charge in [0.2, 0.25) is 0 Å². The molecule has 1 saturated carbocycles. The second kappa shape index (κ2) is 7.94. The SMILES string of the molecule is COc1ccc2c(c1)[C@]13CCCC[C@@H]1[C@H](C2)N(C)CC3.S.S.S. The second-order valence-electron chi connectivity index (χ2n) is 7.03. The Morgan fingerprint density at radius 2 is 1.91 bits per heavy atom. The number of benzene rings is 1. The number of nitrogens with zero attached hydrogens (tertiary/aromatic N) is 1. The first-order chi connectivity index (χ1) is 9.74. The molecule has 0 unspecified atom stereocenters. The van der Waals surface area contributed by atoms with Crippen molar-refractivity contribution in [2.24, 2.45) is 5.92 Å². The summed E-state index contributed by atoms with van der Waals surface area (Å²) in [4.78, 5) is 2.63. The van der Waals surface area contributed by atoms with Crippen molar-refractivity contribution in [1.82, 2.24) is 4.90 Å². The first-order valence-corrected chi connectivity index (χ1v) is 8.12. The minimum atomic E-state index is 0. The van der Waals surface area contributed by atoms with E-state index in [2.05, 4.69) is 30.1 Å². The average molecular weight is 374 g/mol. The van der Waals surface area contributed by atoms with Crippen molar-refractivity contribution in [3.63, 3.8) is 0 Å². The van der Waals surface area contributed by atoms with Gasteiger partial charge >= 0.3 is 0 Å². The van der Waals surface area contributed by atoms with Crippen LogP contribution in [0.5, 0.6) is 5.75 Å². The van der Waals surface area contributed by atoms with Gasteiger partial charge in [0.25, 0.3) is 0 Å². The fourth-order valence-corrected chi connectivity index (χ4v) is 5.30. The molecule has 132 valence electrons. The minimum Gasteiger partial charge on any atom is -0.497 e. The number of rotatable bonds is 1. The summed E-state index contributed by atoms with van der Waals surface area (Å²) in [7, 11) is 4.12. The lowest BCUT2D eigenvalue weighted by Crippen LogP contribution is -2.59. The smallest absolute Gasteiger partial charge is 0.119 e. The summed E-state index contributed by atoms with van der Waals surface area (Å²) in [5, 5.41) is 0. The highest BCUT2D eigenvalue weighted by Crippen LogP contribution is 2.55. The Labute approximate surface area is 161 Å². The topological polar surface area (TPSA) is 12.5 Å². The van der Waals surface area contributed by atoms with Crippen LogP contribution in [0, 0.1) is 5.92 Å². The van der Waals surface area contributed by atoms with Crippen LogP contribution in [0.4, 0.5) is 0 Å². The summed E-state index contributed by atoms with van der Waals surface area (Å²) < 4.78 is 5.51. The van der Waals surface area contributed by atoms with Gasteiger partial charge in [-0.3, -0.25) is 0 Å². The third-order valence-corrected chi connectivity index (χ3v) is 6.32. The van der Waals surface area contributed by atoms with Gasteiger partial charge in [0, 0.05) is 11.5 Å². The van der Waals surface area contributed by atoms with E-state index < -0.39 is 0 Å². The Morgan fingerprint density at radius 3 is 2.65 bits per heavy atom. The zero-order valence-electron chi connectivity index (χ0n) is 14.2. The molecule has 2 bridgehead atoms. The van der Waals surface area contributed by atoms with Crippen LogP contribution in [-0.2, 0) is 11.8 Å². The Kier molecular flexibility index (Phi) is 7.27. The number of piperidine rings is 1.